The molecule has 0 saturated carbocycles. The van der Waals surface area contributed by atoms with Gasteiger partial charge in [0.1, 0.15) is 5.01 Å². The van der Waals surface area contributed by atoms with Gasteiger partial charge < -0.3 is 5.11 Å². The summed E-state index contributed by atoms with van der Waals surface area (Å²) >= 11 is 1.10. The lowest BCUT2D eigenvalue weighted by Gasteiger charge is -2.11. The average Bonchev–Trinajstić information content (AvgIpc) is 2.76. The predicted molar refractivity (Wildman–Crippen MR) is 78.3 cm³/mol. The molecule has 0 unspecified atom stereocenters. The Balaban J connectivity index is 2.51. The Morgan fingerprint density at radius 3 is 2.43 bits per heavy atom. The summed E-state index contributed by atoms with van der Waals surface area (Å²) in [7, 11) is -3.91. The van der Waals surface area contributed by atoms with Crippen LogP contribution in [0.5, 0.6) is 0 Å². The van der Waals surface area contributed by atoms with E-state index in [-0.39, 0.29) is 15.6 Å². The lowest BCUT2D eigenvalue weighted by Crippen LogP contribution is -2.16. The van der Waals surface area contributed by atoms with Crippen LogP contribution in [0.4, 0.5) is 5.13 Å². The number of carboxylic acid groups (broad SMARTS) is 1. The van der Waals surface area contributed by atoms with Crippen LogP contribution in [0.25, 0.3) is 0 Å². The first-order valence-electron chi connectivity index (χ1n) is 5.88. The van der Waals surface area contributed by atoms with Crippen LogP contribution in [0, 0.1) is 20.8 Å². The second-order valence-corrected chi connectivity index (χ2v) is 7.29. The normalized spacial score (nSPS) is 11.4. The summed E-state index contributed by atoms with van der Waals surface area (Å²) in [4.78, 5) is 11.0. The molecule has 9 heteroatoms. The number of carbonyl (C=O) groups is 1. The molecule has 2 aromatic rings. The highest BCUT2D eigenvalue weighted by molar-refractivity contribution is 7.93. The van der Waals surface area contributed by atoms with E-state index in [0.717, 1.165) is 17.4 Å². The highest BCUT2D eigenvalue weighted by Gasteiger charge is 2.22. The van der Waals surface area contributed by atoms with Crippen LogP contribution >= 0.6 is 11.3 Å². The molecule has 7 nitrogen and oxygen atoms in total. The van der Waals surface area contributed by atoms with Crippen molar-refractivity contribution in [2.45, 2.75) is 25.7 Å². The number of sulfonamides is 1. The maximum absolute atomic E-state index is 12.4. The fourth-order valence-electron chi connectivity index (χ4n) is 1.74. The topological polar surface area (TPSA) is 109 Å². The largest absolute Gasteiger partial charge is 0.478 e. The summed E-state index contributed by atoms with van der Waals surface area (Å²) in [6.07, 6.45) is 0. The minimum absolute atomic E-state index is 0.0762. The second kappa shape index (κ2) is 5.41. The zero-order valence-corrected chi connectivity index (χ0v) is 13.2. The molecular formula is C12H13N3O4S2. The van der Waals surface area contributed by atoms with Gasteiger partial charge in [-0.05, 0) is 44.0 Å². The van der Waals surface area contributed by atoms with Gasteiger partial charge in [-0.15, -0.1) is 10.2 Å². The fourth-order valence-corrected chi connectivity index (χ4v) is 3.90. The molecule has 0 radical (unpaired) electrons. The van der Waals surface area contributed by atoms with Crippen LogP contribution in [-0.2, 0) is 10.0 Å². The van der Waals surface area contributed by atoms with Gasteiger partial charge in [0.15, 0.2) is 0 Å². The lowest BCUT2D eigenvalue weighted by molar-refractivity contribution is 0.0696. The van der Waals surface area contributed by atoms with E-state index in [4.69, 9.17) is 5.11 Å². The Hall–Kier alpha value is -2.00. The van der Waals surface area contributed by atoms with Crippen LogP contribution in [0.3, 0.4) is 0 Å². The van der Waals surface area contributed by atoms with Crippen molar-refractivity contribution >= 4 is 32.5 Å². The molecule has 2 rings (SSSR count). The number of rotatable bonds is 4. The molecular weight excluding hydrogens is 314 g/mol. The van der Waals surface area contributed by atoms with Crippen molar-refractivity contribution in [3.63, 3.8) is 0 Å². The van der Waals surface area contributed by atoms with Crippen molar-refractivity contribution in [2.75, 3.05) is 4.72 Å². The molecule has 0 spiro atoms. The van der Waals surface area contributed by atoms with E-state index in [1.54, 1.807) is 20.8 Å². The van der Waals surface area contributed by atoms with E-state index >= 15 is 0 Å². The molecule has 112 valence electrons. The van der Waals surface area contributed by atoms with Crippen LogP contribution in [0.2, 0.25) is 0 Å². The lowest BCUT2D eigenvalue weighted by atomic mass is 10.1. The van der Waals surface area contributed by atoms with Gasteiger partial charge in [0.2, 0.25) is 5.13 Å². The molecule has 0 aliphatic heterocycles. The van der Waals surface area contributed by atoms with Crippen molar-refractivity contribution in [3.8, 4) is 0 Å². The maximum atomic E-state index is 12.4. The van der Waals surface area contributed by atoms with Gasteiger partial charge in [-0.1, -0.05) is 11.3 Å². The van der Waals surface area contributed by atoms with Crippen LogP contribution in [0.15, 0.2) is 17.0 Å². The summed E-state index contributed by atoms with van der Waals surface area (Å²) in [5, 5.41) is 17.2. The van der Waals surface area contributed by atoms with Gasteiger partial charge in [-0.2, -0.15) is 0 Å². The fraction of sp³-hybridized carbons (Fsp3) is 0.250. The van der Waals surface area contributed by atoms with Crippen molar-refractivity contribution in [3.05, 3.63) is 33.8 Å². The number of hydrogen-bond donors (Lipinski definition) is 2. The van der Waals surface area contributed by atoms with Crippen molar-refractivity contribution in [1.29, 1.82) is 0 Å². The highest BCUT2D eigenvalue weighted by Crippen LogP contribution is 2.24. The van der Waals surface area contributed by atoms with Gasteiger partial charge in [-0.3, -0.25) is 4.72 Å². The molecule has 0 fully saturated rings. The first-order valence-corrected chi connectivity index (χ1v) is 8.18. The summed E-state index contributed by atoms with van der Waals surface area (Å²) in [5.74, 6) is -1.18. The van der Waals surface area contributed by atoms with Crippen LogP contribution in [-0.4, -0.2) is 29.7 Å². The second-order valence-electron chi connectivity index (χ2n) is 4.45. The van der Waals surface area contributed by atoms with Gasteiger partial charge >= 0.3 is 5.97 Å². The van der Waals surface area contributed by atoms with Gasteiger partial charge in [0.05, 0.1) is 10.5 Å². The number of nitrogens with one attached hydrogen (secondary N) is 1. The molecule has 0 amide bonds. The van der Waals surface area contributed by atoms with E-state index in [9.17, 15) is 13.2 Å². The molecule has 1 heterocycles. The standard InChI is InChI=1S/C12H13N3O4S2/c1-6-4-9(11(16)17)5-10(7(6)2)21(18,19)15-12-14-13-8(3)20-12/h4-5H,1-3H3,(H,14,15)(H,16,17). The number of aryl methyl sites for hydroxylation is 2. The molecule has 0 saturated heterocycles. The van der Waals surface area contributed by atoms with Crippen LogP contribution in [0.1, 0.15) is 26.5 Å². The number of aromatic nitrogens is 2. The molecule has 0 atom stereocenters. The zero-order chi connectivity index (χ0) is 15.8. The van der Waals surface area contributed by atoms with E-state index in [0.29, 0.717) is 16.1 Å². The number of anilines is 1. The molecule has 2 N–H and O–H groups in total. The molecule has 21 heavy (non-hydrogen) atoms. The number of carboxylic acids is 1. The first kappa shape index (κ1) is 15.4. The highest BCUT2D eigenvalue weighted by atomic mass is 32.2. The summed E-state index contributed by atoms with van der Waals surface area (Å²) < 4.78 is 27.1. The quantitative estimate of drug-likeness (QED) is 0.888. The van der Waals surface area contributed by atoms with Crippen molar-refractivity contribution < 1.29 is 18.3 Å². The maximum Gasteiger partial charge on any atom is 0.335 e. The third-order valence-corrected chi connectivity index (χ3v) is 5.25. The van der Waals surface area contributed by atoms with Gasteiger partial charge in [-0.25, -0.2) is 13.2 Å². The average molecular weight is 327 g/mol. The summed E-state index contributed by atoms with van der Waals surface area (Å²) in [6, 6.07) is 2.58. The molecule has 0 aliphatic rings. The summed E-state index contributed by atoms with van der Waals surface area (Å²) in [5.41, 5.74) is 1.00. The van der Waals surface area contributed by atoms with Gasteiger partial charge in [0.25, 0.3) is 10.0 Å². The number of aromatic carboxylic acids is 1. The zero-order valence-electron chi connectivity index (χ0n) is 11.5. The smallest absolute Gasteiger partial charge is 0.335 e. The third kappa shape index (κ3) is 3.19. The van der Waals surface area contributed by atoms with E-state index in [1.807, 2.05) is 0 Å². The Morgan fingerprint density at radius 2 is 1.90 bits per heavy atom. The Kier molecular flexibility index (Phi) is 3.97. The minimum Gasteiger partial charge on any atom is -0.478 e. The Bertz CT molecular complexity index is 812. The van der Waals surface area contributed by atoms with E-state index in [1.165, 1.54) is 6.07 Å². The van der Waals surface area contributed by atoms with Crippen molar-refractivity contribution in [2.24, 2.45) is 0 Å². The number of benzene rings is 1. The first-order chi connectivity index (χ1) is 9.70. The molecule has 0 bridgehead atoms. The minimum atomic E-state index is -3.91. The predicted octanol–water partition coefficient (Wildman–Crippen LogP) is 1.96. The number of hydrogen-bond acceptors (Lipinski definition) is 6. The SMILES string of the molecule is Cc1nnc(NS(=O)(=O)c2cc(C(=O)O)cc(C)c2C)s1. The van der Waals surface area contributed by atoms with E-state index < -0.39 is 16.0 Å². The monoisotopic (exact) mass is 327 g/mol. The van der Waals surface area contributed by atoms with Crippen molar-refractivity contribution in [1.82, 2.24) is 10.2 Å². The molecule has 1 aromatic carbocycles. The third-order valence-electron chi connectivity index (χ3n) is 2.90. The van der Waals surface area contributed by atoms with E-state index in [2.05, 4.69) is 14.9 Å². The molecule has 1 aromatic heterocycles. The van der Waals surface area contributed by atoms with Crippen LogP contribution < -0.4 is 4.72 Å². The molecule has 0 aliphatic carbocycles. The Morgan fingerprint density at radius 1 is 1.24 bits per heavy atom. The van der Waals surface area contributed by atoms with Gasteiger partial charge in [0, 0.05) is 0 Å². The Labute approximate surface area is 125 Å². The summed E-state index contributed by atoms with van der Waals surface area (Å²) in [6.45, 7) is 4.99. The number of nitrogens with zero attached hydrogens (tertiary/aromatic N) is 2.